The Balaban J connectivity index is 1.68. The maximum Gasteiger partial charge on any atom is 0.321 e. The van der Waals surface area contributed by atoms with Gasteiger partial charge in [0, 0.05) is 0 Å². The summed E-state index contributed by atoms with van der Waals surface area (Å²) >= 11 is 1.37. The second kappa shape index (κ2) is 5.58. The SMILES string of the molecule is Cc1nnc(NC(=O)NC2CCCc3ccccc32)s1. The first kappa shape index (κ1) is 13.1. The maximum absolute atomic E-state index is 12.0. The van der Waals surface area contributed by atoms with Crippen molar-refractivity contribution in [2.45, 2.75) is 32.2 Å². The molecule has 0 bridgehead atoms. The fourth-order valence-electron chi connectivity index (χ4n) is 2.54. The summed E-state index contributed by atoms with van der Waals surface area (Å²) in [5.41, 5.74) is 2.55. The van der Waals surface area contributed by atoms with Crippen molar-refractivity contribution in [3.63, 3.8) is 0 Å². The first-order valence-electron chi connectivity index (χ1n) is 6.68. The number of hydrogen-bond acceptors (Lipinski definition) is 4. The van der Waals surface area contributed by atoms with Crippen LogP contribution in [-0.2, 0) is 6.42 Å². The lowest BCUT2D eigenvalue weighted by molar-refractivity contribution is 0.247. The molecule has 1 atom stereocenters. The standard InChI is InChI=1S/C14H16N4OS/c1-9-17-18-14(20-9)16-13(19)15-12-8-4-6-10-5-2-3-7-11(10)12/h2-3,5,7,12H,4,6,8H2,1H3,(H2,15,16,18,19). The fraction of sp³-hybridized carbons (Fsp3) is 0.357. The Morgan fingerprint density at radius 1 is 1.35 bits per heavy atom. The van der Waals surface area contributed by atoms with Crippen LogP contribution in [0.2, 0.25) is 0 Å². The van der Waals surface area contributed by atoms with Crippen LogP contribution in [0.5, 0.6) is 0 Å². The summed E-state index contributed by atoms with van der Waals surface area (Å²) < 4.78 is 0. The van der Waals surface area contributed by atoms with Gasteiger partial charge in [0.2, 0.25) is 5.13 Å². The predicted molar refractivity (Wildman–Crippen MR) is 78.9 cm³/mol. The number of anilines is 1. The number of fused-ring (bicyclic) bond motifs is 1. The first-order valence-corrected chi connectivity index (χ1v) is 7.49. The highest BCUT2D eigenvalue weighted by Crippen LogP contribution is 2.29. The Morgan fingerprint density at radius 3 is 3.00 bits per heavy atom. The van der Waals surface area contributed by atoms with Gasteiger partial charge in [0.15, 0.2) is 0 Å². The van der Waals surface area contributed by atoms with E-state index in [1.54, 1.807) is 0 Å². The number of carbonyl (C=O) groups is 1. The number of nitrogens with zero attached hydrogens (tertiary/aromatic N) is 2. The van der Waals surface area contributed by atoms with Crippen molar-refractivity contribution in [2.75, 3.05) is 5.32 Å². The second-order valence-electron chi connectivity index (χ2n) is 4.87. The summed E-state index contributed by atoms with van der Waals surface area (Å²) in [6.45, 7) is 1.86. The van der Waals surface area contributed by atoms with Crippen LogP contribution in [0.25, 0.3) is 0 Å². The molecule has 2 aromatic rings. The quantitative estimate of drug-likeness (QED) is 0.892. The molecule has 0 aliphatic heterocycles. The molecule has 6 heteroatoms. The van der Waals surface area contributed by atoms with E-state index in [9.17, 15) is 4.79 Å². The summed E-state index contributed by atoms with van der Waals surface area (Å²) in [4.78, 5) is 12.0. The number of rotatable bonds is 2. The van der Waals surface area contributed by atoms with Crippen molar-refractivity contribution in [3.05, 3.63) is 40.4 Å². The average Bonchev–Trinajstić information content (AvgIpc) is 2.84. The predicted octanol–water partition coefficient (Wildman–Crippen LogP) is 3.05. The molecule has 2 amide bonds. The van der Waals surface area contributed by atoms with E-state index in [0.717, 1.165) is 24.3 Å². The third-order valence-corrected chi connectivity index (χ3v) is 4.18. The van der Waals surface area contributed by atoms with E-state index in [4.69, 9.17) is 0 Å². The molecule has 0 radical (unpaired) electrons. The normalized spacial score (nSPS) is 17.4. The van der Waals surface area contributed by atoms with Crippen LogP contribution < -0.4 is 10.6 Å². The van der Waals surface area contributed by atoms with Gasteiger partial charge in [-0.15, -0.1) is 10.2 Å². The number of aromatic nitrogens is 2. The van der Waals surface area contributed by atoms with Gasteiger partial charge >= 0.3 is 6.03 Å². The summed E-state index contributed by atoms with van der Waals surface area (Å²) in [5, 5.41) is 14.9. The van der Waals surface area contributed by atoms with Gasteiger partial charge in [-0.3, -0.25) is 5.32 Å². The van der Waals surface area contributed by atoms with Crippen molar-refractivity contribution in [2.24, 2.45) is 0 Å². The van der Waals surface area contributed by atoms with Crippen molar-refractivity contribution in [1.82, 2.24) is 15.5 Å². The first-order chi connectivity index (χ1) is 9.72. The van der Waals surface area contributed by atoms with Crippen molar-refractivity contribution >= 4 is 22.5 Å². The van der Waals surface area contributed by atoms with Crippen molar-refractivity contribution < 1.29 is 4.79 Å². The fourth-order valence-corrected chi connectivity index (χ4v) is 3.13. The second-order valence-corrected chi connectivity index (χ2v) is 6.05. The van der Waals surface area contributed by atoms with E-state index in [1.165, 1.54) is 22.5 Å². The minimum atomic E-state index is -0.220. The summed E-state index contributed by atoms with van der Waals surface area (Å²) in [6.07, 6.45) is 3.16. The number of carbonyl (C=O) groups excluding carboxylic acids is 1. The van der Waals surface area contributed by atoms with E-state index >= 15 is 0 Å². The number of urea groups is 1. The lowest BCUT2D eigenvalue weighted by atomic mass is 9.88. The van der Waals surface area contributed by atoms with Gasteiger partial charge in [-0.05, 0) is 37.3 Å². The molecule has 20 heavy (non-hydrogen) atoms. The number of benzene rings is 1. The van der Waals surface area contributed by atoms with Crippen LogP contribution in [0.4, 0.5) is 9.93 Å². The average molecular weight is 288 g/mol. The summed E-state index contributed by atoms with van der Waals surface area (Å²) in [7, 11) is 0. The summed E-state index contributed by atoms with van der Waals surface area (Å²) in [5.74, 6) is 0. The van der Waals surface area contributed by atoms with E-state index in [0.29, 0.717) is 5.13 Å². The highest BCUT2D eigenvalue weighted by Gasteiger charge is 2.21. The molecular formula is C14H16N4OS. The minimum absolute atomic E-state index is 0.0777. The monoisotopic (exact) mass is 288 g/mol. The lowest BCUT2D eigenvalue weighted by Crippen LogP contribution is -2.34. The van der Waals surface area contributed by atoms with Gasteiger partial charge in [-0.1, -0.05) is 35.6 Å². The Morgan fingerprint density at radius 2 is 2.20 bits per heavy atom. The van der Waals surface area contributed by atoms with Crippen LogP contribution in [0.1, 0.15) is 35.0 Å². The molecule has 1 aromatic carbocycles. The third-order valence-electron chi connectivity index (χ3n) is 3.42. The minimum Gasteiger partial charge on any atom is -0.331 e. The van der Waals surface area contributed by atoms with E-state index < -0.39 is 0 Å². The van der Waals surface area contributed by atoms with Crippen LogP contribution in [0, 0.1) is 6.92 Å². The van der Waals surface area contributed by atoms with Crippen LogP contribution in [0.15, 0.2) is 24.3 Å². The molecule has 0 saturated heterocycles. The molecule has 5 nitrogen and oxygen atoms in total. The zero-order valence-electron chi connectivity index (χ0n) is 11.2. The number of amides is 2. The van der Waals surface area contributed by atoms with Gasteiger partial charge in [0.25, 0.3) is 0 Å². The topological polar surface area (TPSA) is 66.9 Å². The molecule has 1 aliphatic carbocycles. The van der Waals surface area contributed by atoms with Gasteiger partial charge in [-0.2, -0.15) is 0 Å². The van der Waals surface area contributed by atoms with Gasteiger partial charge < -0.3 is 5.32 Å². The summed E-state index contributed by atoms with van der Waals surface area (Å²) in [6, 6.07) is 8.15. The zero-order chi connectivity index (χ0) is 13.9. The molecule has 104 valence electrons. The molecular weight excluding hydrogens is 272 g/mol. The van der Waals surface area contributed by atoms with E-state index in [1.807, 2.05) is 19.1 Å². The van der Waals surface area contributed by atoms with Crippen LogP contribution in [-0.4, -0.2) is 16.2 Å². The molecule has 0 spiro atoms. The Bertz CT molecular complexity index is 625. The van der Waals surface area contributed by atoms with Gasteiger partial charge in [-0.25, -0.2) is 4.79 Å². The molecule has 0 saturated carbocycles. The highest BCUT2D eigenvalue weighted by molar-refractivity contribution is 7.15. The molecule has 3 rings (SSSR count). The van der Waals surface area contributed by atoms with Crippen molar-refractivity contribution in [3.8, 4) is 0 Å². The molecule has 1 heterocycles. The van der Waals surface area contributed by atoms with Crippen molar-refractivity contribution in [1.29, 1.82) is 0 Å². The number of hydrogen-bond donors (Lipinski definition) is 2. The Kier molecular flexibility index (Phi) is 3.64. The van der Waals surface area contributed by atoms with Crippen LogP contribution >= 0.6 is 11.3 Å². The number of nitrogens with one attached hydrogen (secondary N) is 2. The Hall–Kier alpha value is -1.95. The largest absolute Gasteiger partial charge is 0.331 e. The molecule has 0 fully saturated rings. The maximum atomic E-state index is 12.0. The Labute approximate surface area is 121 Å². The smallest absolute Gasteiger partial charge is 0.321 e. The zero-order valence-corrected chi connectivity index (χ0v) is 12.0. The molecule has 1 unspecified atom stereocenters. The molecule has 2 N–H and O–H groups in total. The van der Waals surface area contributed by atoms with Crippen LogP contribution in [0.3, 0.4) is 0 Å². The van der Waals surface area contributed by atoms with E-state index in [2.05, 4.69) is 33.0 Å². The van der Waals surface area contributed by atoms with Gasteiger partial charge in [0.05, 0.1) is 6.04 Å². The number of aryl methyl sites for hydroxylation is 2. The van der Waals surface area contributed by atoms with E-state index in [-0.39, 0.29) is 12.1 Å². The van der Waals surface area contributed by atoms with Gasteiger partial charge in [0.1, 0.15) is 5.01 Å². The molecule has 1 aliphatic rings. The third kappa shape index (κ3) is 2.80. The molecule has 1 aromatic heterocycles. The highest BCUT2D eigenvalue weighted by atomic mass is 32.1. The lowest BCUT2D eigenvalue weighted by Gasteiger charge is -2.26.